The Kier molecular flexibility index (Phi) is 4.22. The quantitative estimate of drug-likeness (QED) is 0.896. The summed E-state index contributed by atoms with van der Waals surface area (Å²) in [4.78, 5) is 4.61. The summed E-state index contributed by atoms with van der Waals surface area (Å²) in [7, 11) is 3.53. The van der Waals surface area contributed by atoms with E-state index in [1.807, 2.05) is 39.1 Å². The zero-order chi connectivity index (χ0) is 13.8. The molecule has 19 heavy (non-hydrogen) atoms. The highest BCUT2D eigenvalue weighted by Gasteiger charge is 2.07. The van der Waals surface area contributed by atoms with E-state index in [-0.39, 0.29) is 6.10 Å². The first kappa shape index (κ1) is 13.6. The van der Waals surface area contributed by atoms with Crippen LogP contribution in [0.25, 0.3) is 10.9 Å². The molecule has 0 amide bonds. The number of benzene rings is 1. The number of nitrogens with zero attached hydrogens (tertiary/aromatic N) is 1. The van der Waals surface area contributed by atoms with Crippen LogP contribution in [-0.2, 0) is 11.3 Å². The SMILES string of the molecule is CNc1nc2cc(OC)ccc2cc1COC(C)C. The second-order valence-electron chi connectivity index (χ2n) is 4.66. The van der Waals surface area contributed by atoms with Gasteiger partial charge in [0.05, 0.1) is 25.3 Å². The number of hydrogen-bond donors (Lipinski definition) is 1. The standard InChI is InChI=1S/C15H20N2O2/c1-10(2)19-9-12-7-11-5-6-13(18-4)8-14(11)17-15(12)16-3/h5-8,10H,9H2,1-4H3,(H,16,17). The normalized spacial score (nSPS) is 11.0. The van der Waals surface area contributed by atoms with E-state index in [4.69, 9.17) is 9.47 Å². The Balaban J connectivity index is 2.41. The molecule has 0 bridgehead atoms. The first-order chi connectivity index (χ1) is 9.13. The molecular formula is C15H20N2O2. The second kappa shape index (κ2) is 5.89. The third kappa shape index (κ3) is 3.15. The van der Waals surface area contributed by atoms with Crippen LogP contribution in [0, 0.1) is 0 Å². The van der Waals surface area contributed by atoms with Crippen molar-refractivity contribution in [2.24, 2.45) is 0 Å². The van der Waals surface area contributed by atoms with Crippen molar-refractivity contribution in [2.75, 3.05) is 19.5 Å². The molecule has 0 saturated heterocycles. The molecule has 1 heterocycles. The maximum absolute atomic E-state index is 5.66. The molecule has 4 heteroatoms. The van der Waals surface area contributed by atoms with Crippen molar-refractivity contribution < 1.29 is 9.47 Å². The van der Waals surface area contributed by atoms with Gasteiger partial charge in [-0.25, -0.2) is 4.98 Å². The predicted octanol–water partition coefficient (Wildman–Crippen LogP) is 3.21. The first-order valence-corrected chi connectivity index (χ1v) is 6.41. The highest BCUT2D eigenvalue weighted by molar-refractivity contribution is 5.83. The molecule has 0 atom stereocenters. The zero-order valence-corrected chi connectivity index (χ0v) is 11.9. The fourth-order valence-electron chi connectivity index (χ4n) is 1.90. The minimum Gasteiger partial charge on any atom is -0.497 e. The molecule has 0 unspecified atom stereocenters. The lowest BCUT2D eigenvalue weighted by molar-refractivity contribution is 0.0660. The van der Waals surface area contributed by atoms with Crippen LogP contribution in [0.2, 0.25) is 0 Å². The molecule has 1 aromatic heterocycles. The Bertz CT molecular complexity index is 567. The highest BCUT2D eigenvalue weighted by Crippen LogP contribution is 2.24. The van der Waals surface area contributed by atoms with Crippen LogP contribution in [0.4, 0.5) is 5.82 Å². The monoisotopic (exact) mass is 260 g/mol. The zero-order valence-electron chi connectivity index (χ0n) is 11.9. The van der Waals surface area contributed by atoms with Crippen LogP contribution in [0.1, 0.15) is 19.4 Å². The van der Waals surface area contributed by atoms with Crippen molar-refractivity contribution in [2.45, 2.75) is 26.6 Å². The molecule has 1 aromatic carbocycles. The van der Waals surface area contributed by atoms with E-state index in [2.05, 4.69) is 16.4 Å². The van der Waals surface area contributed by atoms with Gasteiger partial charge in [0, 0.05) is 24.1 Å². The van der Waals surface area contributed by atoms with Crippen molar-refractivity contribution in [1.82, 2.24) is 4.98 Å². The van der Waals surface area contributed by atoms with Gasteiger partial charge < -0.3 is 14.8 Å². The van der Waals surface area contributed by atoms with Gasteiger partial charge in [-0.05, 0) is 32.0 Å². The van der Waals surface area contributed by atoms with Crippen molar-refractivity contribution in [3.05, 3.63) is 29.8 Å². The minimum absolute atomic E-state index is 0.205. The molecule has 0 aliphatic carbocycles. The molecule has 0 fully saturated rings. The van der Waals surface area contributed by atoms with Crippen LogP contribution in [0.3, 0.4) is 0 Å². The maximum Gasteiger partial charge on any atom is 0.131 e. The molecule has 2 rings (SSSR count). The molecule has 0 aliphatic rings. The lowest BCUT2D eigenvalue weighted by Crippen LogP contribution is -2.06. The fraction of sp³-hybridized carbons (Fsp3) is 0.400. The Morgan fingerprint density at radius 3 is 2.68 bits per heavy atom. The average Bonchev–Trinajstić information content (AvgIpc) is 2.43. The summed E-state index contributed by atoms with van der Waals surface area (Å²) >= 11 is 0. The van der Waals surface area contributed by atoms with Gasteiger partial charge in [0.1, 0.15) is 11.6 Å². The maximum atomic E-state index is 5.66. The topological polar surface area (TPSA) is 43.4 Å². The molecule has 0 radical (unpaired) electrons. The number of methoxy groups -OCH3 is 1. The number of nitrogens with one attached hydrogen (secondary N) is 1. The van der Waals surface area contributed by atoms with E-state index in [0.29, 0.717) is 6.61 Å². The Morgan fingerprint density at radius 2 is 2.05 bits per heavy atom. The van der Waals surface area contributed by atoms with Gasteiger partial charge >= 0.3 is 0 Å². The van der Waals surface area contributed by atoms with E-state index in [1.54, 1.807) is 7.11 Å². The molecule has 0 saturated carbocycles. The summed E-state index contributed by atoms with van der Waals surface area (Å²) in [5.74, 6) is 1.66. The van der Waals surface area contributed by atoms with Crippen LogP contribution < -0.4 is 10.1 Å². The first-order valence-electron chi connectivity index (χ1n) is 6.41. The molecule has 4 nitrogen and oxygen atoms in total. The number of anilines is 1. The third-order valence-corrected chi connectivity index (χ3v) is 2.91. The van der Waals surface area contributed by atoms with Crippen LogP contribution in [0.5, 0.6) is 5.75 Å². The van der Waals surface area contributed by atoms with Crippen molar-refractivity contribution in [1.29, 1.82) is 0 Å². The van der Waals surface area contributed by atoms with E-state index in [0.717, 1.165) is 28.0 Å². The minimum atomic E-state index is 0.205. The summed E-state index contributed by atoms with van der Waals surface area (Å²) in [6, 6.07) is 7.99. The lowest BCUT2D eigenvalue weighted by atomic mass is 10.1. The smallest absolute Gasteiger partial charge is 0.131 e. The van der Waals surface area contributed by atoms with Gasteiger partial charge in [0.25, 0.3) is 0 Å². The summed E-state index contributed by atoms with van der Waals surface area (Å²) in [5.41, 5.74) is 1.98. The van der Waals surface area contributed by atoms with Gasteiger partial charge in [0.2, 0.25) is 0 Å². The van der Waals surface area contributed by atoms with Gasteiger partial charge in [-0.2, -0.15) is 0 Å². The van der Waals surface area contributed by atoms with Gasteiger partial charge in [-0.1, -0.05) is 0 Å². The summed E-state index contributed by atoms with van der Waals surface area (Å²) in [6.45, 7) is 4.61. The number of rotatable bonds is 5. The second-order valence-corrected chi connectivity index (χ2v) is 4.66. The van der Waals surface area contributed by atoms with E-state index < -0.39 is 0 Å². The van der Waals surface area contributed by atoms with Crippen molar-refractivity contribution >= 4 is 16.7 Å². The van der Waals surface area contributed by atoms with Crippen molar-refractivity contribution in [3.63, 3.8) is 0 Å². The molecule has 0 aliphatic heterocycles. The van der Waals surface area contributed by atoms with Crippen molar-refractivity contribution in [3.8, 4) is 5.75 Å². The molecule has 1 N–H and O–H groups in total. The predicted molar refractivity (Wildman–Crippen MR) is 77.8 cm³/mol. The van der Waals surface area contributed by atoms with Gasteiger partial charge in [0.15, 0.2) is 0 Å². The number of fused-ring (bicyclic) bond motifs is 1. The van der Waals surface area contributed by atoms with E-state index >= 15 is 0 Å². The summed E-state index contributed by atoms with van der Waals surface area (Å²) < 4.78 is 10.9. The Labute approximate surface area is 113 Å². The van der Waals surface area contributed by atoms with Crippen LogP contribution in [-0.4, -0.2) is 25.2 Å². The van der Waals surface area contributed by atoms with E-state index in [9.17, 15) is 0 Å². The van der Waals surface area contributed by atoms with Crippen LogP contribution in [0.15, 0.2) is 24.3 Å². The van der Waals surface area contributed by atoms with E-state index in [1.165, 1.54) is 0 Å². The van der Waals surface area contributed by atoms with Gasteiger partial charge in [-0.3, -0.25) is 0 Å². The number of ether oxygens (including phenoxy) is 2. The van der Waals surface area contributed by atoms with Gasteiger partial charge in [-0.15, -0.1) is 0 Å². The number of pyridine rings is 1. The Morgan fingerprint density at radius 1 is 1.26 bits per heavy atom. The molecule has 102 valence electrons. The average molecular weight is 260 g/mol. The Hall–Kier alpha value is -1.81. The fourth-order valence-corrected chi connectivity index (χ4v) is 1.90. The number of hydrogen-bond acceptors (Lipinski definition) is 4. The number of aromatic nitrogens is 1. The van der Waals surface area contributed by atoms with Crippen LogP contribution >= 0.6 is 0 Å². The molecule has 2 aromatic rings. The summed E-state index contributed by atoms with van der Waals surface area (Å²) in [6.07, 6.45) is 0.205. The third-order valence-electron chi connectivity index (χ3n) is 2.91. The summed E-state index contributed by atoms with van der Waals surface area (Å²) in [5, 5.41) is 4.20. The lowest BCUT2D eigenvalue weighted by Gasteiger charge is -2.13. The molecule has 0 spiro atoms. The highest BCUT2D eigenvalue weighted by atomic mass is 16.5. The largest absolute Gasteiger partial charge is 0.497 e. The molecular weight excluding hydrogens is 240 g/mol.